The van der Waals surface area contributed by atoms with Crippen molar-refractivity contribution in [3.05, 3.63) is 46.6 Å². The molecule has 88 valence electrons. The van der Waals surface area contributed by atoms with Gasteiger partial charge >= 0.3 is 6.03 Å². The van der Waals surface area contributed by atoms with Crippen LogP contribution in [-0.2, 0) is 0 Å². The zero-order valence-electron chi connectivity index (χ0n) is 8.54. The van der Waals surface area contributed by atoms with E-state index in [-0.39, 0.29) is 5.02 Å². The molecule has 0 unspecified atom stereocenters. The Labute approximate surface area is 106 Å². The van der Waals surface area contributed by atoms with Crippen LogP contribution in [0.4, 0.5) is 19.9 Å². The van der Waals surface area contributed by atoms with E-state index in [0.29, 0.717) is 5.69 Å². The molecular weight excluding hydrogens is 263 g/mol. The summed E-state index contributed by atoms with van der Waals surface area (Å²) in [5.41, 5.74) is 0.436. The van der Waals surface area contributed by atoms with E-state index in [2.05, 4.69) is 10.6 Å². The molecule has 1 aromatic heterocycles. The van der Waals surface area contributed by atoms with Gasteiger partial charge in [0.25, 0.3) is 0 Å². The van der Waals surface area contributed by atoms with Gasteiger partial charge in [-0.3, -0.25) is 5.32 Å². The van der Waals surface area contributed by atoms with Crippen molar-refractivity contribution in [2.45, 2.75) is 0 Å². The molecule has 2 amide bonds. The molecule has 3 nitrogen and oxygen atoms in total. The first-order valence-electron chi connectivity index (χ1n) is 4.72. The Morgan fingerprint density at radius 1 is 1.29 bits per heavy atom. The number of hydrogen-bond acceptors (Lipinski definition) is 2. The van der Waals surface area contributed by atoms with Crippen molar-refractivity contribution in [1.29, 1.82) is 0 Å². The van der Waals surface area contributed by atoms with Gasteiger partial charge < -0.3 is 5.32 Å². The number of thiophene rings is 1. The van der Waals surface area contributed by atoms with Crippen LogP contribution in [0.3, 0.4) is 0 Å². The van der Waals surface area contributed by atoms with Gasteiger partial charge in [0.05, 0.1) is 10.0 Å². The van der Waals surface area contributed by atoms with E-state index >= 15 is 0 Å². The highest BCUT2D eigenvalue weighted by molar-refractivity contribution is 7.14. The Kier molecular flexibility index (Phi) is 3.61. The average molecular weight is 271 g/mol. The van der Waals surface area contributed by atoms with Crippen molar-refractivity contribution in [2.24, 2.45) is 0 Å². The van der Waals surface area contributed by atoms with Gasteiger partial charge in [-0.15, -0.1) is 11.3 Å². The summed E-state index contributed by atoms with van der Waals surface area (Å²) in [6.07, 6.45) is 0. The summed E-state index contributed by atoms with van der Waals surface area (Å²) in [5, 5.41) is 7.74. The molecule has 0 fully saturated rings. The maximum atomic E-state index is 12.9. The zero-order chi connectivity index (χ0) is 12.3. The molecule has 0 radical (unpaired) electrons. The van der Waals surface area contributed by atoms with E-state index in [1.807, 2.05) is 11.4 Å². The predicted octanol–water partition coefficient (Wildman–Crippen LogP) is 4.18. The number of carbonyl (C=O) groups is 1. The van der Waals surface area contributed by atoms with Crippen LogP contribution in [0, 0.1) is 5.82 Å². The smallest absolute Gasteiger partial charge is 0.308 e. The van der Waals surface area contributed by atoms with E-state index < -0.39 is 11.8 Å². The molecule has 0 atom stereocenters. The fourth-order valence-corrected chi connectivity index (χ4v) is 1.99. The largest absolute Gasteiger partial charge is 0.324 e. The molecule has 0 aliphatic heterocycles. The number of nitrogens with one attached hydrogen (secondary N) is 2. The second-order valence-corrected chi connectivity index (χ2v) is 4.54. The van der Waals surface area contributed by atoms with Crippen molar-refractivity contribution in [3.8, 4) is 0 Å². The third kappa shape index (κ3) is 3.18. The van der Waals surface area contributed by atoms with Crippen molar-refractivity contribution < 1.29 is 9.18 Å². The first-order valence-corrected chi connectivity index (χ1v) is 5.97. The van der Waals surface area contributed by atoms with Crippen LogP contribution in [-0.4, -0.2) is 6.03 Å². The van der Waals surface area contributed by atoms with Crippen molar-refractivity contribution in [3.63, 3.8) is 0 Å². The van der Waals surface area contributed by atoms with E-state index in [0.717, 1.165) is 5.00 Å². The Bertz CT molecular complexity index is 530. The maximum absolute atomic E-state index is 12.9. The predicted molar refractivity (Wildman–Crippen MR) is 68.4 cm³/mol. The number of benzene rings is 1. The molecule has 2 rings (SSSR count). The van der Waals surface area contributed by atoms with Crippen LogP contribution >= 0.6 is 22.9 Å². The van der Waals surface area contributed by atoms with Gasteiger partial charge in [-0.2, -0.15) is 0 Å². The fraction of sp³-hybridized carbons (Fsp3) is 0. The highest BCUT2D eigenvalue weighted by Gasteiger charge is 2.05. The van der Waals surface area contributed by atoms with Gasteiger partial charge in [0, 0.05) is 5.69 Å². The molecule has 0 saturated heterocycles. The third-order valence-electron chi connectivity index (χ3n) is 1.94. The minimum absolute atomic E-state index is 0.0288. The summed E-state index contributed by atoms with van der Waals surface area (Å²) in [6, 6.07) is 7.20. The lowest BCUT2D eigenvalue weighted by atomic mass is 10.3. The molecule has 1 heterocycles. The molecule has 0 aliphatic carbocycles. The quantitative estimate of drug-likeness (QED) is 0.844. The molecule has 1 aromatic carbocycles. The van der Waals surface area contributed by atoms with Crippen molar-refractivity contribution >= 4 is 39.7 Å². The number of hydrogen-bond donors (Lipinski definition) is 2. The minimum Gasteiger partial charge on any atom is -0.308 e. The third-order valence-corrected chi connectivity index (χ3v) is 3.01. The lowest BCUT2D eigenvalue weighted by Gasteiger charge is -2.06. The van der Waals surface area contributed by atoms with E-state index in [1.165, 1.54) is 29.5 Å². The second-order valence-electron chi connectivity index (χ2n) is 3.19. The first-order chi connectivity index (χ1) is 8.15. The Morgan fingerprint density at radius 2 is 2.12 bits per heavy atom. The molecule has 0 saturated carbocycles. The van der Waals surface area contributed by atoms with Crippen LogP contribution in [0.1, 0.15) is 0 Å². The number of anilines is 2. The van der Waals surface area contributed by atoms with Gasteiger partial charge in [-0.1, -0.05) is 11.6 Å². The SMILES string of the molecule is O=C(Nc1ccc(F)c(Cl)c1)Nc1cccs1. The van der Waals surface area contributed by atoms with Gasteiger partial charge in [0.15, 0.2) is 0 Å². The van der Waals surface area contributed by atoms with Gasteiger partial charge in [0.2, 0.25) is 0 Å². The molecule has 0 spiro atoms. The number of halogens is 2. The monoisotopic (exact) mass is 270 g/mol. The van der Waals surface area contributed by atoms with Gasteiger partial charge in [-0.25, -0.2) is 9.18 Å². The molecule has 0 bridgehead atoms. The normalized spacial score (nSPS) is 10.0. The molecule has 2 N–H and O–H groups in total. The zero-order valence-corrected chi connectivity index (χ0v) is 10.1. The molecular formula is C11H8ClFN2OS. The first kappa shape index (κ1) is 11.9. The topological polar surface area (TPSA) is 41.1 Å². The lowest BCUT2D eigenvalue weighted by molar-refractivity contribution is 0.262. The average Bonchev–Trinajstić information content (AvgIpc) is 2.76. The number of urea groups is 1. The Hall–Kier alpha value is -1.59. The van der Waals surface area contributed by atoms with E-state index in [1.54, 1.807) is 6.07 Å². The van der Waals surface area contributed by atoms with Gasteiger partial charge in [-0.05, 0) is 35.7 Å². The number of rotatable bonds is 2. The summed E-state index contributed by atoms with van der Waals surface area (Å²) in [6.45, 7) is 0. The lowest BCUT2D eigenvalue weighted by Crippen LogP contribution is -2.18. The maximum Gasteiger partial charge on any atom is 0.324 e. The minimum atomic E-state index is -0.518. The fourth-order valence-electron chi connectivity index (χ4n) is 1.20. The number of carbonyl (C=O) groups excluding carboxylic acids is 1. The van der Waals surface area contributed by atoms with Crippen LogP contribution in [0.25, 0.3) is 0 Å². The number of amides is 2. The summed E-state index contributed by atoms with van der Waals surface area (Å²) in [5.74, 6) is -0.518. The summed E-state index contributed by atoms with van der Waals surface area (Å²) in [4.78, 5) is 11.5. The standard InChI is InChI=1S/C11H8ClFN2OS/c12-8-6-7(3-4-9(8)13)14-11(16)15-10-2-1-5-17-10/h1-6H,(H2,14,15,16). The van der Waals surface area contributed by atoms with Crippen LogP contribution < -0.4 is 10.6 Å². The van der Waals surface area contributed by atoms with E-state index in [4.69, 9.17) is 11.6 Å². The summed E-state index contributed by atoms with van der Waals surface area (Å²) < 4.78 is 12.9. The van der Waals surface area contributed by atoms with Crippen molar-refractivity contribution in [2.75, 3.05) is 10.6 Å². The molecule has 6 heteroatoms. The van der Waals surface area contributed by atoms with Gasteiger partial charge in [0.1, 0.15) is 5.82 Å². The van der Waals surface area contributed by atoms with Crippen molar-refractivity contribution in [1.82, 2.24) is 0 Å². The summed E-state index contributed by atoms with van der Waals surface area (Å²) in [7, 11) is 0. The van der Waals surface area contributed by atoms with E-state index in [9.17, 15) is 9.18 Å². The van der Waals surface area contributed by atoms with Crippen LogP contribution in [0.2, 0.25) is 5.02 Å². The highest BCUT2D eigenvalue weighted by atomic mass is 35.5. The Balaban J connectivity index is 2.00. The summed E-state index contributed by atoms with van der Waals surface area (Å²) >= 11 is 7.00. The second kappa shape index (κ2) is 5.16. The molecule has 17 heavy (non-hydrogen) atoms. The van der Waals surface area contributed by atoms with Crippen LogP contribution in [0.5, 0.6) is 0 Å². The molecule has 0 aliphatic rings. The highest BCUT2D eigenvalue weighted by Crippen LogP contribution is 2.20. The van der Waals surface area contributed by atoms with Crippen LogP contribution in [0.15, 0.2) is 35.7 Å². The Morgan fingerprint density at radius 3 is 2.76 bits per heavy atom. The molecule has 2 aromatic rings.